The highest BCUT2D eigenvalue weighted by molar-refractivity contribution is 7.84. The Hall–Kier alpha value is 0.450. The summed E-state index contributed by atoms with van der Waals surface area (Å²) in [7, 11) is -3.92. The van der Waals surface area contributed by atoms with Gasteiger partial charge in [-0.25, -0.2) is 5.14 Å². The Morgan fingerprint density at radius 1 is 1.40 bits per heavy atom. The smallest absolute Gasteiger partial charge is 0.252 e. The first-order chi connectivity index (χ1) is 4.49. The topological polar surface area (TPSA) is 69.4 Å². The van der Waals surface area contributed by atoms with Crippen molar-refractivity contribution < 1.29 is 12.6 Å². The lowest BCUT2D eigenvalue weighted by Gasteiger charge is -2.07. The van der Waals surface area contributed by atoms with Crippen molar-refractivity contribution in [1.29, 1.82) is 0 Å². The van der Waals surface area contributed by atoms with Gasteiger partial charge in [0.2, 0.25) is 0 Å². The van der Waals surface area contributed by atoms with E-state index in [0.717, 1.165) is 0 Å². The maximum atomic E-state index is 10.2. The molecule has 0 rings (SSSR count). The number of hydrogen-bond donors (Lipinski definition) is 1. The van der Waals surface area contributed by atoms with E-state index >= 15 is 0 Å². The number of hydrogen-bond acceptors (Lipinski definition) is 3. The fourth-order valence-electron chi connectivity index (χ4n) is 0.282. The molecule has 0 aliphatic heterocycles. The van der Waals surface area contributed by atoms with Crippen LogP contribution < -0.4 is 5.14 Å². The number of nitrogens with two attached hydrogens (primary N) is 1. The van der Waals surface area contributed by atoms with E-state index in [0.29, 0.717) is 0 Å². The number of alkyl halides is 2. The highest BCUT2D eigenvalue weighted by Gasteiger charge is 2.12. The lowest BCUT2D eigenvalue weighted by molar-refractivity contribution is 0.255. The molecular formula is C3H7Cl2NO3S. The molecule has 0 saturated heterocycles. The summed E-state index contributed by atoms with van der Waals surface area (Å²) in [6.07, 6.45) is -0.738. The predicted molar refractivity (Wildman–Crippen MR) is 39.4 cm³/mol. The average molecular weight is 208 g/mol. The van der Waals surface area contributed by atoms with Crippen LogP contribution in [0.25, 0.3) is 0 Å². The van der Waals surface area contributed by atoms with Gasteiger partial charge in [0.05, 0.1) is 11.8 Å². The maximum Gasteiger partial charge on any atom is 0.333 e. The summed E-state index contributed by atoms with van der Waals surface area (Å²) in [5, 5.41) is 4.52. The minimum absolute atomic E-state index is 0.0000694. The SMILES string of the molecule is NS(=O)(=O)OC(CCl)CCl. The Morgan fingerprint density at radius 2 is 1.80 bits per heavy atom. The molecule has 0 bridgehead atoms. The second-order valence-electron chi connectivity index (χ2n) is 1.52. The van der Waals surface area contributed by atoms with Crippen molar-refractivity contribution in [2.75, 3.05) is 11.8 Å². The molecular weight excluding hydrogens is 201 g/mol. The highest BCUT2D eigenvalue weighted by atomic mass is 35.5. The average Bonchev–Trinajstić information content (AvgIpc) is 1.81. The first kappa shape index (κ1) is 10.4. The van der Waals surface area contributed by atoms with Gasteiger partial charge in [-0.05, 0) is 0 Å². The zero-order chi connectivity index (χ0) is 8.20. The molecule has 7 heteroatoms. The van der Waals surface area contributed by atoms with E-state index in [1.54, 1.807) is 0 Å². The van der Waals surface area contributed by atoms with E-state index in [2.05, 4.69) is 9.32 Å². The molecule has 0 aromatic heterocycles. The normalized spacial score (nSPS) is 12.4. The summed E-state index contributed by atoms with van der Waals surface area (Å²) in [5.41, 5.74) is 0. The molecule has 4 nitrogen and oxygen atoms in total. The van der Waals surface area contributed by atoms with Crippen molar-refractivity contribution in [2.45, 2.75) is 6.10 Å². The third-order valence-corrected chi connectivity index (χ3v) is 1.84. The molecule has 0 spiro atoms. The van der Waals surface area contributed by atoms with Gasteiger partial charge in [-0.15, -0.1) is 23.2 Å². The monoisotopic (exact) mass is 207 g/mol. The molecule has 0 aliphatic carbocycles. The van der Waals surface area contributed by atoms with Crippen LogP contribution in [0.3, 0.4) is 0 Å². The molecule has 0 radical (unpaired) electrons. The molecule has 0 fully saturated rings. The van der Waals surface area contributed by atoms with Crippen LogP contribution in [0, 0.1) is 0 Å². The molecule has 0 heterocycles. The highest BCUT2D eigenvalue weighted by Crippen LogP contribution is 2.00. The van der Waals surface area contributed by atoms with Crippen LogP contribution in [-0.4, -0.2) is 26.3 Å². The third kappa shape index (κ3) is 5.25. The van der Waals surface area contributed by atoms with E-state index in [-0.39, 0.29) is 11.8 Å². The van der Waals surface area contributed by atoms with Crippen LogP contribution >= 0.6 is 23.2 Å². The van der Waals surface area contributed by atoms with E-state index < -0.39 is 16.4 Å². The molecule has 0 saturated carbocycles. The van der Waals surface area contributed by atoms with Crippen LogP contribution in [0.1, 0.15) is 0 Å². The van der Waals surface area contributed by atoms with E-state index in [9.17, 15) is 8.42 Å². The van der Waals surface area contributed by atoms with Crippen molar-refractivity contribution >= 4 is 33.5 Å². The van der Waals surface area contributed by atoms with Gasteiger partial charge in [0.1, 0.15) is 6.10 Å². The summed E-state index contributed by atoms with van der Waals surface area (Å²) in [5.74, 6) is -0.000139. The molecule has 0 atom stereocenters. The Morgan fingerprint density at radius 3 is 1.90 bits per heavy atom. The Balaban J connectivity index is 3.87. The zero-order valence-corrected chi connectivity index (χ0v) is 7.29. The standard InChI is InChI=1S/C3H7Cl2NO3S/c4-1-3(2-5)9-10(6,7)8/h3H,1-2H2,(H2,6,7,8). The minimum Gasteiger partial charge on any atom is -0.252 e. The summed E-state index contributed by atoms with van der Waals surface area (Å²) in [6, 6.07) is 0. The zero-order valence-electron chi connectivity index (χ0n) is 4.96. The quantitative estimate of drug-likeness (QED) is 0.663. The molecule has 0 aromatic carbocycles. The summed E-state index contributed by atoms with van der Waals surface area (Å²) < 4.78 is 24.6. The molecule has 62 valence electrons. The summed E-state index contributed by atoms with van der Waals surface area (Å²) >= 11 is 10.5. The molecule has 0 amide bonds. The predicted octanol–water partition coefficient (Wildman–Crippen LogP) is 0.0527. The molecule has 0 aromatic rings. The third-order valence-electron chi connectivity index (χ3n) is 0.614. The van der Waals surface area contributed by atoms with Crippen LogP contribution in [0.4, 0.5) is 0 Å². The minimum atomic E-state index is -3.92. The van der Waals surface area contributed by atoms with Crippen LogP contribution in [0.2, 0.25) is 0 Å². The Labute approximate surface area is 69.5 Å². The lowest BCUT2D eigenvalue weighted by atomic mass is 10.5. The van der Waals surface area contributed by atoms with Gasteiger partial charge in [-0.1, -0.05) is 0 Å². The first-order valence-electron chi connectivity index (χ1n) is 2.32. The van der Waals surface area contributed by atoms with Gasteiger partial charge < -0.3 is 0 Å². The number of halogens is 2. The van der Waals surface area contributed by atoms with Gasteiger partial charge in [-0.3, -0.25) is 4.18 Å². The molecule has 0 unspecified atom stereocenters. The van der Waals surface area contributed by atoms with Crippen LogP contribution in [0.15, 0.2) is 0 Å². The van der Waals surface area contributed by atoms with Crippen molar-refractivity contribution in [1.82, 2.24) is 0 Å². The van der Waals surface area contributed by atoms with Crippen molar-refractivity contribution in [3.8, 4) is 0 Å². The summed E-state index contributed by atoms with van der Waals surface area (Å²) in [4.78, 5) is 0. The van der Waals surface area contributed by atoms with Crippen molar-refractivity contribution in [3.05, 3.63) is 0 Å². The van der Waals surface area contributed by atoms with E-state index in [1.165, 1.54) is 0 Å². The maximum absolute atomic E-state index is 10.2. The van der Waals surface area contributed by atoms with Crippen molar-refractivity contribution in [2.24, 2.45) is 5.14 Å². The second kappa shape index (κ2) is 4.35. The van der Waals surface area contributed by atoms with Gasteiger partial charge in [0, 0.05) is 0 Å². The molecule has 0 aliphatic rings. The van der Waals surface area contributed by atoms with Gasteiger partial charge in [-0.2, -0.15) is 8.42 Å². The van der Waals surface area contributed by atoms with Gasteiger partial charge >= 0.3 is 10.3 Å². The van der Waals surface area contributed by atoms with Gasteiger partial charge in [0.15, 0.2) is 0 Å². The van der Waals surface area contributed by atoms with Crippen LogP contribution in [-0.2, 0) is 14.5 Å². The fraction of sp³-hybridized carbons (Fsp3) is 1.00. The summed E-state index contributed by atoms with van der Waals surface area (Å²) in [6.45, 7) is 0. The molecule has 2 N–H and O–H groups in total. The molecule has 10 heavy (non-hydrogen) atoms. The van der Waals surface area contributed by atoms with Crippen molar-refractivity contribution in [3.63, 3.8) is 0 Å². The van der Waals surface area contributed by atoms with E-state index in [1.807, 2.05) is 0 Å². The number of rotatable bonds is 4. The second-order valence-corrected chi connectivity index (χ2v) is 3.31. The van der Waals surface area contributed by atoms with Gasteiger partial charge in [0.25, 0.3) is 0 Å². The Kier molecular flexibility index (Phi) is 4.55. The Bertz CT molecular complexity index is 176. The fourth-order valence-corrected chi connectivity index (χ4v) is 1.40. The largest absolute Gasteiger partial charge is 0.333 e. The first-order valence-corrected chi connectivity index (χ1v) is 4.86. The van der Waals surface area contributed by atoms with Crippen LogP contribution in [0.5, 0.6) is 0 Å². The van der Waals surface area contributed by atoms with E-state index in [4.69, 9.17) is 23.2 Å². The lowest BCUT2D eigenvalue weighted by Crippen LogP contribution is -2.26.